The topological polar surface area (TPSA) is 43.1 Å². The maximum Gasteiger partial charge on any atom is 0.277 e. The molecule has 0 N–H and O–H groups in total. The van der Waals surface area contributed by atoms with Crippen LogP contribution < -0.4 is 0 Å². The van der Waals surface area contributed by atoms with Crippen LogP contribution in [0.25, 0.3) is 11.1 Å². The van der Waals surface area contributed by atoms with Gasteiger partial charge in [0, 0.05) is 16.7 Å². The molecule has 0 aliphatic rings. The van der Waals surface area contributed by atoms with E-state index < -0.39 is 4.92 Å². The lowest BCUT2D eigenvalue weighted by molar-refractivity contribution is -0.384. The van der Waals surface area contributed by atoms with Gasteiger partial charge in [0.15, 0.2) is 0 Å². The Kier molecular flexibility index (Phi) is 3.99. The number of benzene rings is 2. The molecule has 0 spiro atoms. The number of halogens is 3. The van der Waals surface area contributed by atoms with E-state index in [1.54, 1.807) is 19.1 Å². The van der Waals surface area contributed by atoms with Gasteiger partial charge in [-0.15, -0.1) is 0 Å². The van der Waals surface area contributed by atoms with Crippen LogP contribution in [-0.2, 0) is 0 Å². The summed E-state index contributed by atoms with van der Waals surface area (Å²) < 4.78 is 0. The van der Waals surface area contributed by atoms with Crippen molar-refractivity contribution in [3.8, 4) is 11.1 Å². The van der Waals surface area contributed by atoms with Gasteiger partial charge in [-0.25, -0.2) is 0 Å². The van der Waals surface area contributed by atoms with Gasteiger partial charge in [-0.1, -0.05) is 40.9 Å². The lowest BCUT2D eigenvalue weighted by atomic mass is 10.0. The zero-order valence-electron chi connectivity index (χ0n) is 9.78. The van der Waals surface area contributed by atoms with Crippen molar-refractivity contribution in [2.75, 3.05) is 0 Å². The summed E-state index contributed by atoms with van der Waals surface area (Å²) in [6.45, 7) is 1.78. The Hall–Kier alpha value is -1.29. The highest BCUT2D eigenvalue weighted by atomic mass is 35.5. The second kappa shape index (κ2) is 5.37. The first-order chi connectivity index (χ1) is 8.90. The Morgan fingerprint density at radius 2 is 1.63 bits per heavy atom. The summed E-state index contributed by atoms with van der Waals surface area (Å²) in [7, 11) is 0. The fraction of sp³-hybridized carbons (Fsp3) is 0.0769. The van der Waals surface area contributed by atoms with Crippen molar-refractivity contribution >= 4 is 40.5 Å². The molecule has 0 amide bonds. The zero-order chi connectivity index (χ0) is 14.2. The van der Waals surface area contributed by atoms with Crippen molar-refractivity contribution < 1.29 is 4.92 Å². The molecule has 0 atom stereocenters. The summed E-state index contributed by atoms with van der Waals surface area (Å²) in [6.07, 6.45) is 0. The first-order valence-electron chi connectivity index (χ1n) is 5.30. The summed E-state index contributed by atoms with van der Waals surface area (Å²) in [5.41, 5.74) is 1.55. The van der Waals surface area contributed by atoms with Gasteiger partial charge in [-0.05, 0) is 30.7 Å². The quantitative estimate of drug-likeness (QED) is 0.540. The largest absolute Gasteiger partial charge is 0.277 e. The molecule has 0 fully saturated rings. The van der Waals surface area contributed by atoms with Crippen molar-refractivity contribution in [2.24, 2.45) is 0 Å². The van der Waals surface area contributed by atoms with Gasteiger partial charge in [0.1, 0.15) is 0 Å². The van der Waals surface area contributed by atoms with Gasteiger partial charge in [-0.2, -0.15) is 0 Å². The zero-order valence-corrected chi connectivity index (χ0v) is 12.1. The third-order valence-corrected chi connectivity index (χ3v) is 3.44. The van der Waals surface area contributed by atoms with Crippen LogP contribution in [0.15, 0.2) is 30.3 Å². The highest BCUT2D eigenvalue weighted by Gasteiger charge is 2.20. The Morgan fingerprint density at radius 1 is 1.05 bits per heavy atom. The third kappa shape index (κ3) is 2.84. The van der Waals surface area contributed by atoms with Crippen molar-refractivity contribution in [1.29, 1.82) is 0 Å². The summed E-state index contributed by atoms with van der Waals surface area (Å²) in [6, 6.07) is 7.90. The predicted molar refractivity (Wildman–Crippen MR) is 78.3 cm³/mol. The van der Waals surface area contributed by atoms with Gasteiger partial charge in [0.2, 0.25) is 0 Å². The summed E-state index contributed by atoms with van der Waals surface area (Å²) in [5, 5.41) is 12.1. The number of rotatable bonds is 2. The predicted octanol–water partition coefficient (Wildman–Crippen LogP) is 5.53. The molecule has 19 heavy (non-hydrogen) atoms. The molecule has 0 aliphatic carbocycles. The average molecular weight is 317 g/mol. The average Bonchev–Trinajstić information content (AvgIpc) is 2.29. The molecule has 6 heteroatoms. The number of hydrogen-bond acceptors (Lipinski definition) is 2. The molecule has 0 aromatic heterocycles. The van der Waals surface area contributed by atoms with Crippen molar-refractivity contribution in [3.63, 3.8) is 0 Å². The smallest absolute Gasteiger partial charge is 0.258 e. The van der Waals surface area contributed by atoms with Crippen molar-refractivity contribution in [3.05, 3.63) is 61.1 Å². The van der Waals surface area contributed by atoms with E-state index in [1.165, 1.54) is 18.2 Å². The van der Waals surface area contributed by atoms with Crippen LogP contribution in [0.2, 0.25) is 15.1 Å². The summed E-state index contributed by atoms with van der Waals surface area (Å²) >= 11 is 18.0. The number of hydrogen-bond donors (Lipinski definition) is 0. The molecule has 0 unspecified atom stereocenters. The van der Waals surface area contributed by atoms with Gasteiger partial charge in [0.25, 0.3) is 5.69 Å². The van der Waals surface area contributed by atoms with E-state index in [2.05, 4.69) is 0 Å². The van der Waals surface area contributed by atoms with Crippen LogP contribution in [0.3, 0.4) is 0 Å². The van der Waals surface area contributed by atoms with Crippen LogP contribution in [0, 0.1) is 17.0 Å². The molecule has 0 saturated heterocycles. The van der Waals surface area contributed by atoms with E-state index in [1.807, 2.05) is 0 Å². The molecule has 0 saturated carbocycles. The molecule has 0 bridgehead atoms. The molecular formula is C13H8Cl3NO2. The molecule has 98 valence electrons. The molecule has 2 aromatic carbocycles. The van der Waals surface area contributed by atoms with Crippen molar-refractivity contribution in [1.82, 2.24) is 0 Å². The summed E-state index contributed by atoms with van der Waals surface area (Å²) in [4.78, 5) is 10.7. The molecule has 3 nitrogen and oxygen atoms in total. The Labute approximate surface area is 124 Å². The maximum absolute atomic E-state index is 11.1. The molecule has 0 radical (unpaired) electrons. The molecule has 0 heterocycles. The van der Waals surface area contributed by atoms with Gasteiger partial charge in [0.05, 0.1) is 20.5 Å². The van der Waals surface area contributed by atoms with Crippen molar-refractivity contribution in [2.45, 2.75) is 6.92 Å². The maximum atomic E-state index is 11.1. The Balaban J connectivity index is 2.76. The minimum Gasteiger partial charge on any atom is -0.258 e. The van der Waals surface area contributed by atoms with E-state index in [0.29, 0.717) is 16.1 Å². The molecule has 2 aromatic rings. The highest BCUT2D eigenvalue weighted by Crippen LogP contribution is 2.41. The van der Waals surface area contributed by atoms with Crippen LogP contribution in [0.1, 0.15) is 5.56 Å². The lowest BCUT2D eigenvalue weighted by Gasteiger charge is -2.09. The second-order valence-corrected chi connectivity index (χ2v) is 5.27. The first-order valence-corrected chi connectivity index (χ1v) is 6.43. The van der Waals surface area contributed by atoms with Crippen LogP contribution in [0.5, 0.6) is 0 Å². The second-order valence-electron chi connectivity index (χ2n) is 4.02. The molecule has 2 rings (SSSR count). The number of aryl methyl sites for hydroxylation is 1. The fourth-order valence-corrected chi connectivity index (χ4v) is 2.82. The van der Waals surface area contributed by atoms with E-state index in [4.69, 9.17) is 34.8 Å². The minimum atomic E-state index is -0.455. The van der Waals surface area contributed by atoms with Gasteiger partial charge in [-0.3, -0.25) is 10.1 Å². The van der Waals surface area contributed by atoms with E-state index in [-0.39, 0.29) is 15.7 Å². The first kappa shape index (κ1) is 14.1. The minimum absolute atomic E-state index is 0.0360. The van der Waals surface area contributed by atoms with Gasteiger partial charge < -0.3 is 0 Å². The number of nitrogens with zero attached hydrogens (tertiary/aromatic N) is 1. The molecule has 0 aliphatic heterocycles. The van der Waals surface area contributed by atoms with Crippen LogP contribution in [-0.4, -0.2) is 4.92 Å². The number of nitro benzene ring substituents is 1. The summed E-state index contributed by atoms with van der Waals surface area (Å²) in [5.74, 6) is 0. The monoisotopic (exact) mass is 315 g/mol. The SMILES string of the molecule is Cc1ccc(-c2c(Cl)cc(Cl)cc2Cl)c([N+](=O)[O-])c1. The lowest BCUT2D eigenvalue weighted by Crippen LogP contribution is -1.94. The van der Waals surface area contributed by atoms with E-state index >= 15 is 0 Å². The normalized spacial score (nSPS) is 10.5. The van der Waals surface area contributed by atoms with E-state index in [0.717, 1.165) is 5.56 Å². The van der Waals surface area contributed by atoms with Gasteiger partial charge >= 0.3 is 0 Å². The number of nitro groups is 1. The molecular weight excluding hydrogens is 309 g/mol. The Morgan fingerprint density at radius 3 is 2.16 bits per heavy atom. The van der Waals surface area contributed by atoms with E-state index in [9.17, 15) is 10.1 Å². The Bertz CT molecular complexity index is 648. The standard InChI is InChI=1S/C13H8Cl3NO2/c1-7-2-3-9(12(4-7)17(18)19)13-10(15)5-8(14)6-11(13)16/h2-6H,1H3. The third-order valence-electron chi connectivity index (χ3n) is 2.63. The van der Waals surface area contributed by atoms with Crippen LogP contribution >= 0.6 is 34.8 Å². The van der Waals surface area contributed by atoms with Crippen LogP contribution in [0.4, 0.5) is 5.69 Å². The highest BCUT2D eigenvalue weighted by molar-refractivity contribution is 6.42. The fourth-order valence-electron chi connectivity index (χ4n) is 1.80.